The molecule has 1 atom stereocenters. The maximum atomic E-state index is 5.33. The second-order valence-corrected chi connectivity index (χ2v) is 5.80. The first-order valence-corrected chi connectivity index (χ1v) is 7.88. The highest BCUT2D eigenvalue weighted by atomic mass is 32.1. The van der Waals surface area contributed by atoms with Crippen LogP contribution in [-0.4, -0.2) is 25.7 Å². The van der Waals surface area contributed by atoms with Gasteiger partial charge in [-0.25, -0.2) is 4.98 Å². The second kappa shape index (κ2) is 7.43. The molecule has 1 aromatic carbocycles. The molecule has 1 heterocycles. The Labute approximate surface area is 130 Å². The standard InChI is InChI=1S/C16H22N2O2S/c1-11(16-12(2)18-10-21-16)17-8-7-13-5-6-14(19-3)15(9-13)20-4/h5-6,9-11,17H,7-8H2,1-4H3. The Morgan fingerprint density at radius 2 is 2.00 bits per heavy atom. The summed E-state index contributed by atoms with van der Waals surface area (Å²) in [5.41, 5.74) is 4.25. The lowest BCUT2D eigenvalue weighted by Gasteiger charge is -2.13. The van der Waals surface area contributed by atoms with Crippen LogP contribution in [0.5, 0.6) is 11.5 Å². The molecule has 0 aliphatic heterocycles. The lowest BCUT2D eigenvalue weighted by Crippen LogP contribution is -2.21. The van der Waals surface area contributed by atoms with Gasteiger partial charge in [0.15, 0.2) is 11.5 Å². The summed E-state index contributed by atoms with van der Waals surface area (Å²) in [5.74, 6) is 1.55. The lowest BCUT2D eigenvalue weighted by atomic mass is 10.1. The molecule has 4 nitrogen and oxygen atoms in total. The largest absolute Gasteiger partial charge is 0.493 e. The summed E-state index contributed by atoms with van der Waals surface area (Å²) >= 11 is 1.70. The monoisotopic (exact) mass is 306 g/mol. The molecular formula is C16H22N2O2S. The molecule has 1 unspecified atom stereocenters. The molecule has 0 saturated heterocycles. The molecule has 0 amide bonds. The molecule has 114 valence electrons. The predicted octanol–water partition coefficient (Wildman–Crippen LogP) is 3.36. The highest BCUT2D eigenvalue weighted by Crippen LogP contribution is 2.27. The van der Waals surface area contributed by atoms with Gasteiger partial charge in [0.25, 0.3) is 0 Å². The Bertz CT molecular complexity index is 583. The van der Waals surface area contributed by atoms with Crippen molar-refractivity contribution in [3.05, 3.63) is 39.8 Å². The van der Waals surface area contributed by atoms with Gasteiger partial charge in [-0.15, -0.1) is 11.3 Å². The van der Waals surface area contributed by atoms with E-state index in [1.165, 1.54) is 10.4 Å². The Balaban J connectivity index is 1.90. The number of nitrogens with one attached hydrogen (secondary N) is 1. The molecular weight excluding hydrogens is 284 g/mol. The number of hydrogen-bond donors (Lipinski definition) is 1. The van der Waals surface area contributed by atoms with E-state index in [4.69, 9.17) is 9.47 Å². The van der Waals surface area contributed by atoms with Crippen LogP contribution in [-0.2, 0) is 6.42 Å². The van der Waals surface area contributed by atoms with Crippen molar-refractivity contribution in [3.63, 3.8) is 0 Å². The van der Waals surface area contributed by atoms with Crippen LogP contribution < -0.4 is 14.8 Å². The van der Waals surface area contributed by atoms with E-state index in [1.54, 1.807) is 25.6 Å². The third-order valence-electron chi connectivity index (χ3n) is 3.49. The van der Waals surface area contributed by atoms with E-state index in [1.807, 2.05) is 17.6 Å². The molecule has 0 spiro atoms. The summed E-state index contributed by atoms with van der Waals surface area (Å²) in [6.45, 7) is 5.14. The molecule has 0 aliphatic carbocycles. The molecule has 0 fully saturated rings. The zero-order valence-electron chi connectivity index (χ0n) is 13.0. The minimum absolute atomic E-state index is 0.331. The number of hydrogen-bond acceptors (Lipinski definition) is 5. The molecule has 0 bridgehead atoms. The van der Waals surface area contributed by atoms with E-state index in [0.717, 1.165) is 30.2 Å². The van der Waals surface area contributed by atoms with Crippen LogP contribution in [0.25, 0.3) is 0 Å². The molecule has 2 aromatic rings. The summed E-state index contributed by atoms with van der Waals surface area (Å²) in [4.78, 5) is 5.60. The van der Waals surface area contributed by atoms with Gasteiger partial charge in [0, 0.05) is 10.9 Å². The average Bonchev–Trinajstić information content (AvgIpc) is 2.93. The van der Waals surface area contributed by atoms with Crippen molar-refractivity contribution < 1.29 is 9.47 Å². The second-order valence-electron chi connectivity index (χ2n) is 4.92. The van der Waals surface area contributed by atoms with E-state index >= 15 is 0 Å². The van der Waals surface area contributed by atoms with Crippen LogP contribution >= 0.6 is 11.3 Å². The van der Waals surface area contributed by atoms with Crippen molar-refractivity contribution >= 4 is 11.3 Å². The normalized spacial score (nSPS) is 12.2. The fraction of sp³-hybridized carbons (Fsp3) is 0.438. The van der Waals surface area contributed by atoms with E-state index in [0.29, 0.717) is 6.04 Å². The molecule has 21 heavy (non-hydrogen) atoms. The van der Waals surface area contributed by atoms with Crippen molar-refractivity contribution in [1.29, 1.82) is 0 Å². The third kappa shape index (κ3) is 3.95. The van der Waals surface area contributed by atoms with E-state index in [-0.39, 0.29) is 0 Å². The molecule has 2 rings (SSSR count). The minimum atomic E-state index is 0.331. The van der Waals surface area contributed by atoms with Crippen molar-refractivity contribution in [1.82, 2.24) is 10.3 Å². The summed E-state index contributed by atoms with van der Waals surface area (Å²) in [6.07, 6.45) is 0.947. The first-order valence-electron chi connectivity index (χ1n) is 7.00. The molecule has 1 aromatic heterocycles. The number of thiazole rings is 1. The number of methoxy groups -OCH3 is 2. The minimum Gasteiger partial charge on any atom is -0.493 e. The van der Waals surface area contributed by atoms with Gasteiger partial charge >= 0.3 is 0 Å². The van der Waals surface area contributed by atoms with Gasteiger partial charge in [0.1, 0.15) is 0 Å². The van der Waals surface area contributed by atoms with Crippen LogP contribution in [0.1, 0.15) is 29.1 Å². The van der Waals surface area contributed by atoms with Crippen LogP contribution in [0.3, 0.4) is 0 Å². The van der Waals surface area contributed by atoms with Gasteiger partial charge < -0.3 is 14.8 Å². The van der Waals surface area contributed by atoms with Gasteiger partial charge in [-0.3, -0.25) is 0 Å². The maximum Gasteiger partial charge on any atom is 0.160 e. The fourth-order valence-corrected chi connectivity index (χ4v) is 3.12. The molecule has 1 N–H and O–H groups in total. The Kier molecular flexibility index (Phi) is 5.59. The molecule has 0 radical (unpaired) electrons. The van der Waals surface area contributed by atoms with Crippen LogP contribution in [0, 0.1) is 6.92 Å². The number of nitrogens with zero attached hydrogens (tertiary/aromatic N) is 1. The van der Waals surface area contributed by atoms with Crippen molar-refractivity contribution in [2.45, 2.75) is 26.3 Å². The molecule has 5 heteroatoms. The summed E-state index contributed by atoms with van der Waals surface area (Å²) in [5, 5.41) is 3.54. The Morgan fingerprint density at radius 3 is 2.62 bits per heavy atom. The van der Waals surface area contributed by atoms with Gasteiger partial charge in [-0.05, 0) is 44.5 Å². The summed E-state index contributed by atoms with van der Waals surface area (Å²) in [6, 6.07) is 6.39. The van der Waals surface area contributed by atoms with Crippen molar-refractivity contribution in [3.8, 4) is 11.5 Å². The SMILES string of the molecule is COc1ccc(CCNC(C)c2scnc2C)cc1OC. The number of benzene rings is 1. The quantitative estimate of drug-likeness (QED) is 0.852. The van der Waals surface area contributed by atoms with Gasteiger partial charge in [-0.1, -0.05) is 6.07 Å². The van der Waals surface area contributed by atoms with E-state index in [9.17, 15) is 0 Å². The van der Waals surface area contributed by atoms with Gasteiger partial charge in [0.2, 0.25) is 0 Å². The number of ether oxygens (including phenoxy) is 2. The average molecular weight is 306 g/mol. The highest BCUT2D eigenvalue weighted by Gasteiger charge is 2.10. The number of aromatic nitrogens is 1. The Morgan fingerprint density at radius 1 is 1.24 bits per heavy atom. The zero-order valence-corrected chi connectivity index (χ0v) is 13.8. The Hall–Kier alpha value is -1.59. The van der Waals surface area contributed by atoms with E-state index < -0.39 is 0 Å². The third-order valence-corrected chi connectivity index (χ3v) is 4.60. The first-order chi connectivity index (χ1) is 10.2. The number of rotatable bonds is 7. The van der Waals surface area contributed by atoms with Crippen molar-refractivity contribution in [2.24, 2.45) is 0 Å². The van der Waals surface area contributed by atoms with Crippen molar-refractivity contribution in [2.75, 3.05) is 20.8 Å². The van der Waals surface area contributed by atoms with Crippen LogP contribution in [0.15, 0.2) is 23.7 Å². The molecule has 0 saturated carbocycles. The topological polar surface area (TPSA) is 43.4 Å². The summed E-state index contributed by atoms with van der Waals surface area (Å²) in [7, 11) is 3.31. The van der Waals surface area contributed by atoms with E-state index in [2.05, 4.69) is 30.2 Å². The highest BCUT2D eigenvalue weighted by molar-refractivity contribution is 7.09. The first kappa shape index (κ1) is 15.8. The summed E-state index contributed by atoms with van der Waals surface area (Å²) < 4.78 is 10.6. The van der Waals surface area contributed by atoms with Gasteiger partial charge in [0.05, 0.1) is 25.4 Å². The lowest BCUT2D eigenvalue weighted by molar-refractivity contribution is 0.354. The van der Waals surface area contributed by atoms with Gasteiger partial charge in [-0.2, -0.15) is 0 Å². The number of aryl methyl sites for hydroxylation is 1. The maximum absolute atomic E-state index is 5.33. The van der Waals surface area contributed by atoms with Crippen LogP contribution in [0.4, 0.5) is 0 Å². The smallest absolute Gasteiger partial charge is 0.160 e. The van der Waals surface area contributed by atoms with Crippen LogP contribution in [0.2, 0.25) is 0 Å². The predicted molar refractivity (Wildman–Crippen MR) is 86.5 cm³/mol. The zero-order chi connectivity index (χ0) is 15.2. The fourth-order valence-electron chi connectivity index (χ4n) is 2.29. The molecule has 0 aliphatic rings.